The average molecular weight is 782 g/mol. The molecule has 6 rings (SSSR count). The van der Waals surface area contributed by atoms with Gasteiger partial charge in [0, 0.05) is 0 Å². The Hall–Kier alpha value is -3.05. The van der Waals surface area contributed by atoms with Gasteiger partial charge in [-0.1, -0.05) is 150 Å². The van der Waals surface area contributed by atoms with E-state index < -0.39 is 15.8 Å². The van der Waals surface area contributed by atoms with E-state index in [1.165, 1.54) is 110 Å². The summed E-state index contributed by atoms with van der Waals surface area (Å²) in [6.45, 7) is 9.12. The minimum atomic E-state index is -0.484. The Morgan fingerprint density at radius 3 is 0.849 bits per heavy atom. The SMILES string of the molecule is CCCCc1ccccc1P(c1ccc[cH-]1)c1ccccc1CCCC.CCCCc1ccccc1P(c1ccc[cH-]1)c1ccccc1CCCC.[Co+2]. The first-order chi connectivity index (χ1) is 25.7. The first-order valence-electron chi connectivity index (χ1n) is 20.0. The average Bonchev–Trinajstić information content (AvgIpc) is 3.93. The molecule has 0 aliphatic carbocycles. The maximum absolute atomic E-state index is 2.38. The van der Waals surface area contributed by atoms with Gasteiger partial charge < -0.3 is 0 Å². The summed E-state index contributed by atoms with van der Waals surface area (Å²) < 4.78 is 0. The van der Waals surface area contributed by atoms with Crippen LogP contribution in [0.5, 0.6) is 0 Å². The molecule has 6 aromatic rings. The maximum atomic E-state index is 2.38. The molecule has 0 N–H and O–H groups in total. The summed E-state index contributed by atoms with van der Waals surface area (Å²) in [7, 11) is -0.967. The number of aryl methyl sites for hydroxylation is 4. The van der Waals surface area contributed by atoms with Crippen molar-refractivity contribution in [3.05, 3.63) is 168 Å². The molecule has 0 unspecified atom stereocenters. The van der Waals surface area contributed by atoms with Crippen molar-refractivity contribution < 1.29 is 16.8 Å². The predicted molar refractivity (Wildman–Crippen MR) is 236 cm³/mol. The molecule has 0 atom stereocenters. The Morgan fingerprint density at radius 2 is 0.623 bits per heavy atom. The summed E-state index contributed by atoms with van der Waals surface area (Å²) in [5.41, 5.74) is 6.14. The molecule has 279 valence electrons. The fourth-order valence-corrected chi connectivity index (χ4v) is 12.5. The topological polar surface area (TPSA) is 0 Å². The van der Waals surface area contributed by atoms with E-state index in [0.29, 0.717) is 0 Å². The Bertz CT molecular complexity index is 1610. The molecule has 0 spiro atoms. The van der Waals surface area contributed by atoms with Crippen molar-refractivity contribution in [3.63, 3.8) is 0 Å². The zero-order chi connectivity index (χ0) is 36.4. The Kier molecular flexibility index (Phi) is 19.1. The number of benzene rings is 4. The summed E-state index contributed by atoms with van der Waals surface area (Å²) in [6.07, 6.45) is 14.8. The van der Waals surface area contributed by atoms with Crippen molar-refractivity contribution in [2.75, 3.05) is 0 Å². The monoisotopic (exact) mass is 781 g/mol. The van der Waals surface area contributed by atoms with Gasteiger partial charge in [-0.15, -0.1) is 10.6 Å². The van der Waals surface area contributed by atoms with E-state index in [9.17, 15) is 0 Å². The first kappa shape index (κ1) is 42.7. The molecule has 0 fully saturated rings. The molecule has 0 aromatic heterocycles. The molecule has 0 aliphatic heterocycles. The van der Waals surface area contributed by atoms with Gasteiger partial charge in [-0.05, 0) is 111 Å². The van der Waals surface area contributed by atoms with Crippen molar-refractivity contribution in [2.45, 2.75) is 105 Å². The standard InChI is InChI=1S/2C25H30P.Co/c2*1-3-5-13-21-15-7-11-19-24(21)26(23-17-9-10-18-23)25-20-12-8-16-22(25)14-6-4-2;/h2*7-12,15-20H,3-6,13-14H2,1-2H3;/q2*-1;+2. The largest absolute Gasteiger partial charge is 2.00 e. The van der Waals surface area contributed by atoms with E-state index in [4.69, 9.17) is 0 Å². The fraction of sp³-hybridized carbons (Fsp3) is 0.320. The molecule has 0 saturated heterocycles. The van der Waals surface area contributed by atoms with Crippen LogP contribution in [0.15, 0.2) is 146 Å². The van der Waals surface area contributed by atoms with Crippen LogP contribution in [0.3, 0.4) is 0 Å². The van der Waals surface area contributed by atoms with Crippen molar-refractivity contribution in [1.29, 1.82) is 0 Å². The van der Waals surface area contributed by atoms with Gasteiger partial charge in [-0.25, -0.2) is 24.3 Å². The van der Waals surface area contributed by atoms with Crippen LogP contribution in [0.4, 0.5) is 0 Å². The fourth-order valence-electron chi connectivity index (χ4n) is 7.07. The van der Waals surface area contributed by atoms with Crippen molar-refractivity contribution in [2.24, 2.45) is 0 Å². The quantitative estimate of drug-likeness (QED) is 0.0602. The second kappa shape index (κ2) is 23.7. The van der Waals surface area contributed by atoms with E-state index in [1.54, 1.807) is 21.2 Å². The second-order valence-electron chi connectivity index (χ2n) is 13.9. The van der Waals surface area contributed by atoms with E-state index in [0.717, 1.165) is 0 Å². The summed E-state index contributed by atoms with van der Waals surface area (Å²) >= 11 is 0. The Labute approximate surface area is 335 Å². The first-order valence-corrected chi connectivity index (χ1v) is 22.7. The number of rotatable bonds is 18. The number of unbranched alkanes of at least 4 members (excludes halogenated alkanes) is 4. The molecule has 3 heteroatoms. The van der Waals surface area contributed by atoms with E-state index >= 15 is 0 Å². The molecule has 0 aliphatic rings. The normalized spacial score (nSPS) is 11.0. The third-order valence-corrected chi connectivity index (χ3v) is 15.2. The second-order valence-corrected chi connectivity index (χ2v) is 18.2. The van der Waals surface area contributed by atoms with Gasteiger partial charge in [0.05, 0.1) is 0 Å². The third kappa shape index (κ3) is 12.0. The molecule has 53 heavy (non-hydrogen) atoms. The number of hydrogen-bond acceptors (Lipinski definition) is 0. The minimum Gasteiger partial charge on any atom is -0.213 e. The van der Waals surface area contributed by atoms with Crippen molar-refractivity contribution >= 4 is 47.7 Å². The molecular formula is C50H60CoP2. The molecule has 0 nitrogen and oxygen atoms in total. The number of hydrogen-bond donors (Lipinski definition) is 0. The van der Waals surface area contributed by atoms with Gasteiger partial charge in [0.15, 0.2) is 0 Å². The van der Waals surface area contributed by atoms with E-state index in [1.807, 2.05) is 0 Å². The van der Waals surface area contributed by atoms with Gasteiger partial charge >= 0.3 is 16.8 Å². The van der Waals surface area contributed by atoms with Crippen molar-refractivity contribution in [1.82, 2.24) is 0 Å². The third-order valence-electron chi connectivity index (χ3n) is 9.94. The summed E-state index contributed by atoms with van der Waals surface area (Å²) in [5, 5.41) is 9.15. The minimum absolute atomic E-state index is 0. The van der Waals surface area contributed by atoms with Gasteiger partial charge in [-0.2, -0.15) is 24.3 Å². The van der Waals surface area contributed by atoms with E-state index in [2.05, 4.69) is 173 Å². The smallest absolute Gasteiger partial charge is 0.213 e. The van der Waals surface area contributed by atoms with Crippen LogP contribution < -0.4 is 31.8 Å². The summed E-state index contributed by atoms with van der Waals surface area (Å²) in [4.78, 5) is 0. The molecular weight excluding hydrogens is 721 g/mol. The van der Waals surface area contributed by atoms with Crippen LogP contribution in [0.25, 0.3) is 0 Å². The van der Waals surface area contributed by atoms with Gasteiger partial charge in [-0.3, -0.25) is 0 Å². The maximum Gasteiger partial charge on any atom is 2.00 e. The van der Waals surface area contributed by atoms with Gasteiger partial charge in [0.25, 0.3) is 0 Å². The molecule has 1 radical (unpaired) electrons. The molecule has 0 bridgehead atoms. The summed E-state index contributed by atoms with van der Waals surface area (Å²) in [5.74, 6) is 0. The van der Waals surface area contributed by atoms with Crippen LogP contribution in [0.1, 0.15) is 101 Å². The van der Waals surface area contributed by atoms with Crippen LogP contribution in [-0.4, -0.2) is 0 Å². The van der Waals surface area contributed by atoms with Crippen molar-refractivity contribution in [3.8, 4) is 0 Å². The predicted octanol–water partition coefficient (Wildman–Crippen LogP) is 11.7. The zero-order valence-corrected chi connectivity index (χ0v) is 35.4. The molecule has 0 amide bonds. The van der Waals surface area contributed by atoms with Crippen LogP contribution in [-0.2, 0) is 42.5 Å². The Morgan fingerprint density at radius 1 is 0.358 bits per heavy atom. The van der Waals surface area contributed by atoms with Gasteiger partial charge in [0.2, 0.25) is 0 Å². The summed E-state index contributed by atoms with van der Waals surface area (Å²) in [6, 6.07) is 54.6. The molecule has 6 aromatic carbocycles. The zero-order valence-electron chi connectivity index (χ0n) is 32.6. The van der Waals surface area contributed by atoms with E-state index in [-0.39, 0.29) is 16.8 Å². The van der Waals surface area contributed by atoms with Crippen LogP contribution >= 0.6 is 15.8 Å². The Balaban J connectivity index is 0.000000232. The molecule has 0 saturated carbocycles. The van der Waals surface area contributed by atoms with Gasteiger partial charge in [0.1, 0.15) is 0 Å². The molecule has 0 heterocycles. The van der Waals surface area contributed by atoms with Crippen LogP contribution in [0.2, 0.25) is 0 Å². The van der Waals surface area contributed by atoms with Crippen LogP contribution in [0, 0.1) is 0 Å².